The normalized spacial score (nSPS) is 34.6. The van der Waals surface area contributed by atoms with Crippen molar-refractivity contribution in [2.75, 3.05) is 13.1 Å². The van der Waals surface area contributed by atoms with E-state index in [1.165, 1.54) is 62.2 Å². The maximum absolute atomic E-state index is 3.38. The molecule has 0 aromatic carbocycles. The van der Waals surface area contributed by atoms with Crippen LogP contribution in [0.1, 0.15) is 39.0 Å². The highest BCUT2D eigenvalue weighted by Crippen LogP contribution is 2.28. The molecule has 2 nitrogen and oxygen atoms in total. The van der Waals surface area contributed by atoms with Crippen molar-refractivity contribution in [1.82, 2.24) is 10.2 Å². The maximum atomic E-state index is 3.38. The number of hydrogen-bond acceptors (Lipinski definition) is 2. The van der Waals surface area contributed by atoms with Gasteiger partial charge >= 0.3 is 0 Å². The zero-order chi connectivity index (χ0) is 11.7. The lowest BCUT2D eigenvalue weighted by molar-refractivity contribution is 0.177. The third kappa shape index (κ3) is 2.47. The number of nitrogens with zero attached hydrogens (tertiary/aromatic N) is 1. The zero-order valence-corrected chi connectivity index (χ0v) is 10.7. The summed E-state index contributed by atoms with van der Waals surface area (Å²) in [5.41, 5.74) is 4.35. The highest BCUT2D eigenvalue weighted by molar-refractivity contribution is 5.41. The summed E-state index contributed by atoms with van der Waals surface area (Å²) in [5.74, 6) is 0. The van der Waals surface area contributed by atoms with E-state index in [0.717, 1.165) is 0 Å². The number of likely N-dealkylation sites (tertiary alicyclic amines) is 1. The van der Waals surface area contributed by atoms with Crippen LogP contribution < -0.4 is 5.32 Å². The van der Waals surface area contributed by atoms with E-state index in [1.54, 1.807) is 0 Å². The molecular formula is C15H22N2. The predicted octanol–water partition coefficient (Wildman–Crippen LogP) is 2.95. The Labute approximate surface area is 104 Å². The average molecular weight is 230 g/mol. The molecular weight excluding hydrogens is 208 g/mol. The van der Waals surface area contributed by atoms with Gasteiger partial charge in [0.25, 0.3) is 0 Å². The fourth-order valence-electron chi connectivity index (χ4n) is 3.09. The van der Waals surface area contributed by atoms with E-state index in [1.807, 2.05) is 0 Å². The summed E-state index contributed by atoms with van der Waals surface area (Å²) < 4.78 is 0. The highest BCUT2D eigenvalue weighted by Gasteiger charge is 2.25. The van der Waals surface area contributed by atoms with Crippen LogP contribution in [0.25, 0.3) is 0 Å². The summed E-state index contributed by atoms with van der Waals surface area (Å²) >= 11 is 0. The van der Waals surface area contributed by atoms with E-state index < -0.39 is 0 Å². The minimum atomic E-state index is 0.661. The molecule has 92 valence electrons. The van der Waals surface area contributed by atoms with Gasteiger partial charge in [-0.05, 0) is 51.8 Å². The Kier molecular flexibility index (Phi) is 3.06. The van der Waals surface area contributed by atoms with E-state index in [0.29, 0.717) is 6.04 Å². The number of rotatable bonds is 1. The molecule has 0 spiro atoms. The van der Waals surface area contributed by atoms with Crippen molar-refractivity contribution in [3.63, 3.8) is 0 Å². The van der Waals surface area contributed by atoms with E-state index in [-0.39, 0.29) is 0 Å². The van der Waals surface area contributed by atoms with Crippen LogP contribution >= 0.6 is 0 Å². The molecule has 0 saturated carbocycles. The molecule has 0 aromatic heterocycles. The molecule has 0 radical (unpaired) electrons. The number of allylic oxidation sites excluding steroid dienone is 4. The summed E-state index contributed by atoms with van der Waals surface area (Å²) in [7, 11) is 0. The molecule has 1 aliphatic carbocycles. The molecule has 1 unspecified atom stereocenters. The number of hydrogen-bond donors (Lipinski definition) is 1. The molecule has 1 atom stereocenters. The topological polar surface area (TPSA) is 25.2 Å². The summed E-state index contributed by atoms with van der Waals surface area (Å²) in [6.07, 6.45) is 13.4. The highest BCUT2D eigenvalue weighted by atomic mass is 15.2. The fraction of sp³-hybridized carbons (Fsp3) is 0.600. The Balaban J connectivity index is 1.75. The molecule has 1 fully saturated rings. The van der Waals surface area contributed by atoms with Crippen LogP contribution in [0.3, 0.4) is 0 Å². The molecule has 3 aliphatic rings. The van der Waals surface area contributed by atoms with Gasteiger partial charge < -0.3 is 5.32 Å². The van der Waals surface area contributed by atoms with Crippen LogP contribution in [0.2, 0.25) is 0 Å². The third-order valence-corrected chi connectivity index (χ3v) is 4.19. The first-order valence-corrected chi connectivity index (χ1v) is 6.94. The van der Waals surface area contributed by atoms with Crippen molar-refractivity contribution in [3.8, 4) is 0 Å². The van der Waals surface area contributed by atoms with Crippen molar-refractivity contribution >= 4 is 0 Å². The molecule has 0 amide bonds. The lowest BCUT2D eigenvalue weighted by atomic mass is 9.98. The lowest BCUT2D eigenvalue weighted by Crippen LogP contribution is -2.40. The monoisotopic (exact) mass is 230 g/mol. The van der Waals surface area contributed by atoms with Crippen LogP contribution in [0.15, 0.2) is 35.2 Å². The molecule has 2 heterocycles. The molecule has 17 heavy (non-hydrogen) atoms. The van der Waals surface area contributed by atoms with Crippen LogP contribution in [0.4, 0.5) is 0 Å². The Morgan fingerprint density at radius 2 is 2.06 bits per heavy atom. The molecule has 0 aromatic rings. The first-order chi connectivity index (χ1) is 8.34. The minimum Gasteiger partial charge on any atom is -0.356 e. The zero-order valence-electron chi connectivity index (χ0n) is 10.7. The van der Waals surface area contributed by atoms with Gasteiger partial charge in [0.05, 0.1) is 5.70 Å². The van der Waals surface area contributed by atoms with Crippen molar-refractivity contribution < 1.29 is 0 Å². The second-order valence-corrected chi connectivity index (χ2v) is 5.44. The largest absolute Gasteiger partial charge is 0.356 e. The van der Waals surface area contributed by atoms with E-state index in [2.05, 4.69) is 35.4 Å². The lowest BCUT2D eigenvalue weighted by Gasteiger charge is -2.35. The standard InChI is InChI=1S/C15H22N2/c1-12-6-5-7-13-14(16-13)8-9-15(12)17-10-3-2-4-11-17/h5-7,15-16H,2-4,8-11H2,1H3/b7-5-,12-6+. The SMILES string of the molecule is C/C1=C\C=C/C2=C(CCC1N1CCCCC1)N2. The average Bonchev–Trinajstić information content (AvgIpc) is 3.08. The van der Waals surface area contributed by atoms with Crippen molar-refractivity contribution in [2.24, 2.45) is 0 Å². The van der Waals surface area contributed by atoms with Gasteiger partial charge in [-0.15, -0.1) is 0 Å². The van der Waals surface area contributed by atoms with Crippen LogP contribution in [-0.4, -0.2) is 24.0 Å². The van der Waals surface area contributed by atoms with E-state index in [4.69, 9.17) is 0 Å². The molecule has 1 N–H and O–H groups in total. The summed E-state index contributed by atoms with van der Waals surface area (Å²) in [5, 5.41) is 3.38. The van der Waals surface area contributed by atoms with Gasteiger partial charge in [0.2, 0.25) is 0 Å². The summed E-state index contributed by atoms with van der Waals surface area (Å²) in [6.45, 7) is 4.88. The molecule has 0 bridgehead atoms. The smallest absolute Gasteiger partial charge is 0.0578 e. The second-order valence-electron chi connectivity index (χ2n) is 5.44. The van der Waals surface area contributed by atoms with Gasteiger partial charge in [0, 0.05) is 11.7 Å². The van der Waals surface area contributed by atoms with Crippen molar-refractivity contribution in [1.29, 1.82) is 0 Å². The van der Waals surface area contributed by atoms with Crippen LogP contribution in [-0.2, 0) is 0 Å². The van der Waals surface area contributed by atoms with Gasteiger partial charge in [-0.1, -0.05) is 24.1 Å². The summed E-state index contributed by atoms with van der Waals surface area (Å²) in [4.78, 5) is 2.69. The molecule has 2 aliphatic heterocycles. The minimum absolute atomic E-state index is 0.661. The van der Waals surface area contributed by atoms with Crippen molar-refractivity contribution in [2.45, 2.75) is 45.1 Å². The van der Waals surface area contributed by atoms with E-state index in [9.17, 15) is 0 Å². The Hall–Kier alpha value is -1.02. The third-order valence-electron chi connectivity index (χ3n) is 4.19. The predicted molar refractivity (Wildman–Crippen MR) is 71.5 cm³/mol. The van der Waals surface area contributed by atoms with Gasteiger partial charge in [-0.3, -0.25) is 4.90 Å². The van der Waals surface area contributed by atoms with Crippen molar-refractivity contribution in [3.05, 3.63) is 35.2 Å². The number of nitrogens with one attached hydrogen (secondary N) is 1. The van der Waals surface area contributed by atoms with Gasteiger partial charge in [0.1, 0.15) is 0 Å². The van der Waals surface area contributed by atoms with Gasteiger partial charge in [-0.2, -0.15) is 0 Å². The number of piperidine rings is 1. The van der Waals surface area contributed by atoms with Gasteiger partial charge in [-0.25, -0.2) is 0 Å². The molecule has 2 heteroatoms. The fourth-order valence-corrected chi connectivity index (χ4v) is 3.09. The Bertz CT molecular complexity index is 384. The van der Waals surface area contributed by atoms with Crippen LogP contribution in [0, 0.1) is 0 Å². The van der Waals surface area contributed by atoms with E-state index >= 15 is 0 Å². The molecule has 3 rings (SSSR count). The second kappa shape index (κ2) is 4.69. The quantitative estimate of drug-likeness (QED) is 0.749. The first kappa shape index (κ1) is 11.1. The van der Waals surface area contributed by atoms with Crippen LogP contribution in [0.5, 0.6) is 0 Å². The first-order valence-electron chi connectivity index (χ1n) is 6.94. The maximum Gasteiger partial charge on any atom is 0.0578 e. The Morgan fingerprint density at radius 3 is 2.88 bits per heavy atom. The van der Waals surface area contributed by atoms with Gasteiger partial charge in [0.15, 0.2) is 0 Å². The molecule has 1 saturated heterocycles. The summed E-state index contributed by atoms with van der Waals surface area (Å²) in [6, 6.07) is 0.661. The Morgan fingerprint density at radius 1 is 1.24 bits per heavy atom.